The molecular weight excluding hydrogens is 304 g/mol. The van der Waals surface area contributed by atoms with E-state index < -0.39 is 5.60 Å². The number of ketones is 1. The van der Waals surface area contributed by atoms with Crippen molar-refractivity contribution in [1.29, 1.82) is 0 Å². The first-order valence-electron chi connectivity index (χ1n) is 8.60. The Morgan fingerprint density at radius 1 is 1.12 bits per heavy atom. The zero-order chi connectivity index (χ0) is 17.6. The highest BCUT2D eigenvalue weighted by molar-refractivity contribution is 5.97. The van der Waals surface area contributed by atoms with E-state index in [1.165, 1.54) is 0 Å². The quantitative estimate of drug-likeness (QED) is 0.785. The highest BCUT2D eigenvalue weighted by atomic mass is 16.6. The number of hydrogen-bond acceptors (Lipinski definition) is 4. The van der Waals surface area contributed by atoms with Gasteiger partial charge in [-0.15, -0.1) is 0 Å². The van der Waals surface area contributed by atoms with E-state index in [0.717, 1.165) is 25.7 Å². The minimum atomic E-state index is -0.513. The van der Waals surface area contributed by atoms with Crippen LogP contribution in [0.5, 0.6) is 0 Å². The Balaban J connectivity index is 1.87. The number of alkyl carbamates (subject to hydrolysis) is 1. The van der Waals surface area contributed by atoms with Crippen molar-refractivity contribution in [2.24, 2.45) is 0 Å². The van der Waals surface area contributed by atoms with E-state index in [0.29, 0.717) is 12.1 Å². The standard InChI is InChI=1S/C19H28N2O3/c1-18(2,3)24-17(23)21-19(11-7-8-12-19)14-20-13-16(22)15-9-5-4-6-10-15/h4-6,9-10,20H,7-8,11-14H2,1-3H3,(H,21,23). The molecule has 24 heavy (non-hydrogen) atoms. The molecule has 1 fully saturated rings. The van der Waals surface area contributed by atoms with Crippen LogP contribution in [-0.2, 0) is 4.74 Å². The molecule has 1 aromatic carbocycles. The van der Waals surface area contributed by atoms with Gasteiger partial charge < -0.3 is 15.4 Å². The van der Waals surface area contributed by atoms with Crippen LogP contribution < -0.4 is 10.6 Å². The lowest BCUT2D eigenvalue weighted by molar-refractivity contribution is 0.0456. The molecule has 0 spiro atoms. The fraction of sp³-hybridized carbons (Fsp3) is 0.579. The fourth-order valence-electron chi connectivity index (χ4n) is 3.06. The molecule has 0 bridgehead atoms. The molecule has 1 aromatic rings. The smallest absolute Gasteiger partial charge is 0.408 e. The summed E-state index contributed by atoms with van der Waals surface area (Å²) in [7, 11) is 0. The number of carbonyl (C=O) groups is 2. The summed E-state index contributed by atoms with van der Waals surface area (Å²) in [5.74, 6) is 0.0565. The number of ether oxygens (including phenoxy) is 1. The fourth-order valence-corrected chi connectivity index (χ4v) is 3.06. The molecule has 0 radical (unpaired) electrons. The average Bonchev–Trinajstić information content (AvgIpc) is 2.94. The molecule has 1 aliphatic carbocycles. The number of amides is 1. The average molecular weight is 332 g/mol. The van der Waals surface area contributed by atoms with Crippen LogP contribution in [0.2, 0.25) is 0 Å². The van der Waals surface area contributed by atoms with Gasteiger partial charge in [-0.1, -0.05) is 43.2 Å². The molecule has 0 heterocycles. The Morgan fingerprint density at radius 2 is 1.75 bits per heavy atom. The monoisotopic (exact) mass is 332 g/mol. The second kappa shape index (κ2) is 7.79. The van der Waals surface area contributed by atoms with Crippen LogP contribution in [0.15, 0.2) is 30.3 Å². The van der Waals surface area contributed by atoms with Crippen LogP contribution in [0, 0.1) is 0 Å². The normalized spacial score (nSPS) is 16.6. The van der Waals surface area contributed by atoms with Crippen molar-refractivity contribution in [2.45, 2.75) is 57.6 Å². The zero-order valence-electron chi connectivity index (χ0n) is 14.9. The summed E-state index contributed by atoms with van der Waals surface area (Å²) >= 11 is 0. The SMILES string of the molecule is CC(C)(C)OC(=O)NC1(CNCC(=O)c2ccccc2)CCCC1. The van der Waals surface area contributed by atoms with E-state index in [9.17, 15) is 9.59 Å². The summed E-state index contributed by atoms with van der Waals surface area (Å²) in [5.41, 5.74) is -0.134. The summed E-state index contributed by atoms with van der Waals surface area (Å²) in [6.07, 6.45) is 3.56. The second-order valence-corrected chi connectivity index (χ2v) is 7.51. The van der Waals surface area contributed by atoms with Gasteiger partial charge in [-0.3, -0.25) is 4.79 Å². The first-order chi connectivity index (χ1) is 11.3. The van der Waals surface area contributed by atoms with Gasteiger partial charge in [0.2, 0.25) is 0 Å². The molecule has 2 rings (SSSR count). The van der Waals surface area contributed by atoms with Crippen LogP contribution in [-0.4, -0.2) is 36.1 Å². The zero-order valence-corrected chi connectivity index (χ0v) is 14.9. The molecule has 0 atom stereocenters. The molecule has 132 valence electrons. The molecule has 1 aliphatic rings. The maximum atomic E-state index is 12.2. The lowest BCUT2D eigenvalue weighted by Crippen LogP contribution is -2.54. The number of carbonyl (C=O) groups excluding carboxylic acids is 2. The molecule has 5 heteroatoms. The molecule has 5 nitrogen and oxygen atoms in total. The van der Waals surface area contributed by atoms with Crippen molar-refractivity contribution < 1.29 is 14.3 Å². The predicted molar refractivity (Wildman–Crippen MR) is 94.2 cm³/mol. The van der Waals surface area contributed by atoms with Crippen molar-refractivity contribution in [3.63, 3.8) is 0 Å². The lowest BCUT2D eigenvalue weighted by atomic mass is 9.97. The Labute approximate surface area is 144 Å². The highest BCUT2D eigenvalue weighted by Crippen LogP contribution is 2.29. The van der Waals surface area contributed by atoms with E-state index >= 15 is 0 Å². The van der Waals surface area contributed by atoms with Crippen LogP contribution in [0.1, 0.15) is 56.8 Å². The first kappa shape index (κ1) is 18.5. The molecule has 1 amide bonds. The van der Waals surface area contributed by atoms with Gasteiger partial charge in [0.05, 0.1) is 12.1 Å². The maximum Gasteiger partial charge on any atom is 0.408 e. The minimum Gasteiger partial charge on any atom is -0.444 e. The summed E-state index contributed by atoms with van der Waals surface area (Å²) in [4.78, 5) is 24.3. The Bertz CT molecular complexity index is 558. The number of rotatable bonds is 6. The van der Waals surface area contributed by atoms with E-state index in [1.54, 1.807) is 0 Å². The highest BCUT2D eigenvalue weighted by Gasteiger charge is 2.36. The van der Waals surface area contributed by atoms with Gasteiger partial charge >= 0.3 is 6.09 Å². The number of nitrogens with one attached hydrogen (secondary N) is 2. The molecule has 0 unspecified atom stereocenters. The van der Waals surface area contributed by atoms with Crippen molar-refractivity contribution in [1.82, 2.24) is 10.6 Å². The summed E-state index contributed by atoms with van der Waals surface area (Å²) in [6.45, 7) is 6.40. The van der Waals surface area contributed by atoms with Crippen LogP contribution in [0.25, 0.3) is 0 Å². The van der Waals surface area contributed by atoms with Crippen molar-refractivity contribution in [3.05, 3.63) is 35.9 Å². The molecule has 0 aromatic heterocycles. The van der Waals surface area contributed by atoms with Gasteiger partial charge in [0.15, 0.2) is 5.78 Å². The topological polar surface area (TPSA) is 67.4 Å². The van der Waals surface area contributed by atoms with Crippen LogP contribution in [0.3, 0.4) is 0 Å². The second-order valence-electron chi connectivity index (χ2n) is 7.51. The Kier molecular flexibility index (Phi) is 5.99. The molecule has 1 saturated carbocycles. The molecule has 0 saturated heterocycles. The third-order valence-electron chi connectivity index (χ3n) is 4.17. The lowest BCUT2D eigenvalue weighted by Gasteiger charge is -2.32. The van der Waals surface area contributed by atoms with E-state index in [4.69, 9.17) is 4.74 Å². The number of Topliss-reactive ketones (excluding diaryl/α,β-unsaturated/α-hetero) is 1. The van der Waals surface area contributed by atoms with Gasteiger partial charge in [-0.25, -0.2) is 4.79 Å². The van der Waals surface area contributed by atoms with E-state index in [-0.39, 0.29) is 24.0 Å². The molecule has 2 N–H and O–H groups in total. The summed E-state index contributed by atoms with van der Waals surface area (Å²) < 4.78 is 5.38. The number of benzene rings is 1. The molecular formula is C19H28N2O3. The van der Waals surface area contributed by atoms with Gasteiger partial charge in [0.1, 0.15) is 5.60 Å². The first-order valence-corrected chi connectivity index (χ1v) is 8.60. The summed E-state index contributed by atoms with van der Waals surface area (Å²) in [6, 6.07) is 9.23. The van der Waals surface area contributed by atoms with Crippen molar-refractivity contribution in [3.8, 4) is 0 Å². The van der Waals surface area contributed by atoms with E-state index in [2.05, 4.69) is 10.6 Å². The van der Waals surface area contributed by atoms with Crippen molar-refractivity contribution >= 4 is 11.9 Å². The van der Waals surface area contributed by atoms with Gasteiger partial charge in [0.25, 0.3) is 0 Å². The van der Waals surface area contributed by atoms with Crippen LogP contribution >= 0.6 is 0 Å². The third-order valence-corrected chi connectivity index (χ3v) is 4.17. The molecule has 0 aliphatic heterocycles. The predicted octanol–water partition coefficient (Wildman–Crippen LogP) is 3.30. The van der Waals surface area contributed by atoms with E-state index in [1.807, 2.05) is 51.1 Å². The maximum absolute atomic E-state index is 12.2. The van der Waals surface area contributed by atoms with Gasteiger partial charge in [-0.2, -0.15) is 0 Å². The van der Waals surface area contributed by atoms with Crippen molar-refractivity contribution in [2.75, 3.05) is 13.1 Å². The minimum absolute atomic E-state index is 0.0565. The van der Waals surface area contributed by atoms with Gasteiger partial charge in [-0.05, 0) is 33.6 Å². The Hall–Kier alpha value is -1.88. The largest absolute Gasteiger partial charge is 0.444 e. The number of hydrogen-bond donors (Lipinski definition) is 2. The van der Waals surface area contributed by atoms with Gasteiger partial charge in [0, 0.05) is 12.1 Å². The third kappa shape index (κ3) is 5.64. The summed E-state index contributed by atoms with van der Waals surface area (Å²) in [5, 5.41) is 6.24. The van der Waals surface area contributed by atoms with Crippen LogP contribution in [0.4, 0.5) is 4.79 Å². The Morgan fingerprint density at radius 3 is 2.33 bits per heavy atom.